The molecule has 6 rings (SSSR count). The van der Waals surface area contributed by atoms with E-state index in [1.807, 2.05) is 66.6 Å². The number of anilines is 1. The molecule has 1 amide bonds. The van der Waals surface area contributed by atoms with Gasteiger partial charge in [-0.05, 0) is 28.5 Å². The predicted molar refractivity (Wildman–Crippen MR) is 137 cm³/mol. The van der Waals surface area contributed by atoms with Crippen LogP contribution >= 0.6 is 0 Å². The first-order valence-corrected chi connectivity index (χ1v) is 11.3. The van der Waals surface area contributed by atoms with Crippen LogP contribution in [0.15, 0.2) is 97.6 Å². The first-order valence-electron chi connectivity index (χ1n) is 11.3. The number of nitrogens with zero attached hydrogens (tertiary/aromatic N) is 5. The molecule has 0 radical (unpaired) electrons. The van der Waals surface area contributed by atoms with E-state index in [-0.39, 0.29) is 5.91 Å². The van der Waals surface area contributed by atoms with Crippen molar-refractivity contribution in [2.45, 2.75) is 6.54 Å². The molecular formula is C28H22N6O. The van der Waals surface area contributed by atoms with Crippen LogP contribution in [0.3, 0.4) is 0 Å². The molecule has 0 aliphatic carbocycles. The van der Waals surface area contributed by atoms with E-state index in [1.54, 1.807) is 17.1 Å². The van der Waals surface area contributed by atoms with E-state index in [9.17, 15) is 4.79 Å². The van der Waals surface area contributed by atoms with E-state index in [0.717, 1.165) is 16.5 Å². The van der Waals surface area contributed by atoms with Crippen LogP contribution in [0.5, 0.6) is 0 Å². The number of benzene rings is 3. The van der Waals surface area contributed by atoms with Gasteiger partial charge in [0.25, 0.3) is 5.91 Å². The number of para-hydroxylation sites is 1. The minimum Gasteiger partial charge on any atom is -0.319 e. The van der Waals surface area contributed by atoms with Crippen molar-refractivity contribution in [2.24, 2.45) is 7.05 Å². The zero-order valence-electron chi connectivity index (χ0n) is 19.1. The maximum absolute atomic E-state index is 13.4. The van der Waals surface area contributed by atoms with Gasteiger partial charge in [0, 0.05) is 30.4 Å². The van der Waals surface area contributed by atoms with Crippen molar-refractivity contribution in [3.8, 4) is 11.3 Å². The van der Waals surface area contributed by atoms with Crippen LogP contribution in [0.1, 0.15) is 15.9 Å². The zero-order chi connectivity index (χ0) is 23.8. The summed E-state index contributed by atoms with van der Waals surface area (Å²) < 4.78 is 3.55. The maximum atomic E-state index is 13.4. The van der Waals surface area contributed by atoms with Gasteiger partial charge < -0.3 is 5.32 Å². The number of hydrogen-bond donors (Lipinski definition) is 1. The van der Waals surface area contributed by atoms with Crippen molar-refractivity contribution in [1.29, 1.82) is 0 Å². The van der Waals surface area contributed by atoms with Crippen LogP contribution in [0.25, 0.3) is 32.9 Å². The van der Waals surface area contributed by atoms with Crippen LogP contribution < -0.4 is 5.32 Å². The lowest BCUT2D eigenvalue weighted by atomic mass is 10.0. The van der Waals surface area contributed by atoms with Crippen molar-refractivity contribution in [1.82, 2.24) is 24.5 Å². The summed E-state index contributed by atoms with van der Waals surface area (Å²) in [4.78, 5) is 18.1. The van der Waals surface area contributed by atoms with Crippen molar-refractivity contribution in [3.05, 3.63) is 109 Å². The Morgan fingerprint density at radius 2 is 1.69 bits per heavy atom. The van der Waals surface area contributed by atoms with Gasteiger partial charge in [0.05, 0.1) is 41.4 Å². The number of aromatic nitrogens is 5. The summed E-state index contributed by atoms with van der Waals surface area (Å²) in [5.41, 5.74) is 4.68. The van der Waals surface area contributed by atoms with Gasteiger partial charge in [0.1, 0.15) is 0 Å². The van der Waals surface area contributed by atoms with Crippen LogP contribution in [0.4, 0.5) is 5.69 Å². The quantitative estimate of drug-likeness (QED) is 0.381. The largest absolute Gasteiger partial charge is 0.319 e. The fraction of sp³-hybridized carbons (Fsp3) is 0.0714. The van der Waals surface area contributed by atoms with Crippen LogP contribution in [-0.4, -0.2) is 30.5 Å². The SMILES string of the molecule is Cn1cc(-c2cc(C(=O)Nc3cnn(Cc4cccc5ccccc45)c3)c3ccccc3n2)cn1. The molecule has 1 N–H and O–H groups in total. The normalized spacial score (nSPS) is 11.2. The van der Waals surface area contributed by atoms with E-state index >= 15 is 0 Å². The molecule has 170 valence electrons. The van der Waals surface area contributed by atoms with Gasteiger partial charge in [-0.3, -0.25) is 14.2 Å². The molecule has 3 heterocycles. The number of amides is 1. The second kappa shape index (κ2) is 8.53. The Kier molecular flexibility index (Phi) is 5.07. The first kappa shape index (κ1) is 20.8. The third kappa shape index (κ3) is 4.04. The van der Waals surface area contributed by atoms with Gasteiger partial charge >= 0.3 is 0 Å². The molecule has 6 aromatic rings. The molecule has 7 heteroatoms. The van der Waals surface area contributed by atoms with E-state index in [2.05, 4.69) is 45.8 Å². The number of nitrogens with one attached hydrogen (secondary N) is 1. The Hall–Kier alpha value is -4.78. The fourth-order valence-corrected chi connectivity index (χ4v) is 4.38. The van der Waals surface area contributed by atoms with Crippen molar-refractivity contribution in [3.63, 3.8) is 0 Å². The van der Waals surface area contributed by atoms with Gasteiger partial charge in [-0.15, -0.1) is 0 Å². The number of hydrogen-bond acceptors (Lipinski definition) is 4. The molecule has 0 spiro atoms. The maximum Gasteiger partial charge on any atom is 0.256 e. The molecule has 7 nitrogen and oxygen atoms in total. The van der Waals surface area contributed by atoms with Crippen LogP contribution in [-0.2, 0) is 13.6 Å². The van der Waals surface area contributed by atoms with Gasteiger partial charge in [-0.1, -0.05) is 60.7 Å². The molecule has 0 unspecified atom stereocenters. The van der Waals surface area contributed by atoms with Gasteiger partial charge in [0.2, 0.25) is 0 Å². The van der Waals surface area contributed by atoms with Crippen molar-refractivity contribution >= 4 is 33.3 Å². The van der Waals surface area contributed by atoms with E-state index in [1.165, 1.54) is 16.3 Å². The van der Waals surface area contributed by atoms with E-state index in [4.69, 9.17) is 4.98 Å². The molecule has 0 aliphatic heterocycles. The molecular weight excluding hydrogens is 436 g/mol. The Balaban J connectivity index is 1.29. The summed E-state index contributed by atoms with van der Waals surface area (Å²) >= 11 is 0. The van der Waals surface area contributed by atoms with Gasteiger partial charge in [-0.2, -0.15) is 10.2 Å². The second-order valence-corrected chi connectivity index (χ2v) is 8.49. The summed E-state index contributed by atoms with van der Waals surface area (Å²) in [6, 6.07) is 24.0. The average molecular weight is 459 g/mol. The Bertz CT molecular complexity index is 1690. The molecule has 0 fully saturated rings. The third-order valence-electron chi connectivity index (χ3n) is 6.06. The second-order valence-electron chi connectivity index (χ2n) is 8.49. The molecule has 0 aliphatic rings. The smallest absolute Gasteiger partial charge is 0.256 e. The van der Waals surface area contributed by atoms with Gasteiger partial charge in [0.15, 0.2) is 0 Å². The zero-order valence-corrected chi connectivity index (χ0v) is 19.1. The number of rotatable bonds is 5. The topological polar surface area (TPSA) is 77.6 Å². The lowest BCUT2D eigenvalue weighted by molar-refractivity contribution is 0.102. The minimum atomic E-state index is -0.210. The van der Waals surface area contributed by atoms with Crippen molar-refractivity contribution in [2.75, 3.05) is 5.32 Å². The molecule has 3 aromatic heterocycles. The molecule has 0 saturated carbocycles. The summed E-state index contributed by atoms with van der Waals surface area (Å²) in [6.45, 7) is 0.612. The monoisotopic (exact) mass is 458 g/mol. The van der Waals surface area contributed by atoms with E-state index in [0.29, 0.717) is 23.5 Å². The summed E-state index contributed by atoms with van der Waals surface area (Å²) in [5, 5.41) is 14.9. The first-order chi connectivity index (χ1) is 17.1. The summed E-state index contributed by atoms with van der Waals surface area (Å²) in [6.07, 6.45) is 7.16. The summed E-state index contributed by atoms with van der Waals surface area (Å²) in [7, 11) is 1.86. The molecule has 3 aromatic carbocycles. The average Bonchev–Trinajstić information content (AvgIpc) is 3.52. The van der Waals surface area contributed by atoms with Crippen LogP contribution in [0, 0.1) is 0 Å². The highest BCUT2D eigenvalue weighted by atomic mass is 16.1. The highest BCUT2D eigenvalue weighted by Crippen LogP contribution is 2.26. The van der Waals surface area contributed by atoms with Crippen LogP contribution in [0.2, 0.25) is 0 Å². The lowest BCUT2D eigenvalue weighted by Gasteiger charge is -2.09. The Labute approximate surface area is 201 Å². The standard InChI is InChI=1S/C28H22N6O/c1-33-16-21(14-29-33)27-13-25(24-11-4-5-12-26(24)32-27)28(35)31-22-15-30-34(18-22)17-20-9-6-8-19-7-2-3-10-23(19)20/h2-16,18H,17H2,1H3,(H,31,35). The molecule has 0 saturated heterocycles. The lowest BCUT2D eigenvalue weighted by Crippen LogP contribution is -2.12. The Morgan fingerprint density at radius 3 is 2.54 bits per heavy atom. The van der Waals surface area contributed by atoms with Crippen molar-refractivity contribution < 1.29 is 4.79 Å². The number of carbonyl (C=O) groups excluding carboxylic acids is 1. The minimum absolute atomic E-state index is 0.210. The van der Waals surface area contributed by atoms with Gasteiger partial charge in [-0.25, -0.2) is 4.98 Å². The molecule has 0 atom stereocenters. The van der Waals surface area contributed by atoms with E-state index < -0.39 is 0 Å². The Morgan fingerprint density at radius 1 is 0.886 bits per heavy atom. The number of fused-ring (bicyclic) bond motifs is 2. The number of carbonyl (C=O) groups is 1. The number of pyridine rings is 1. The highest BCUT2D eigenvalue weighted by molar-refractivity contribution is 6.13. The fourth-order valence-electron chi connectivity index (χ4n) is 4.38. The third-order valence-corrected chi connectivity index (χ3v) is 6.06. The molecule has 35 heavy (non-hydrogen) atoms. The molecule has 0 bridgehead atoms. The summed E-state index contributed by atoms with van der Waals surface area (Å²) in [5.74, 6) is -0.210. The highest BCUT2D eigenvalue weighted by Gasteiger charge is 2.16. The predicted octanol–water partition coefficient (Wildman–Crippen LogP) is 5.29. The number of aryl methyl sites for hydroxylation is 1.